The third-order valence-corrected chi connectivity index (χ3v) is 6.01. The van der Waals surface area contributed by atoms with E-state index in [1.54, 1.807) is 0 Å². The van der Waals surface area contributed by atoms with Gasteiger partial charge in [-0.3, -0.25) is 0 Å². The highest BCUT2D eigenvalue weighted by Gasteiger charge is 2.34. The van der Waals surface area contributed by atoms with Crippen molar-refractivity contribution >= 4 is 17.0 Å². The molecule has 0 saturated carbocycles. The lowest BCUT2D eigenvalue weighted by atomic mass is 9.82. The Hall–Kier alpha value is -3.39. The molecule has 0 unspecified atom stereocenters. The predicted molar refractivity (Wildman–Crippen MR) is 122 cm³/mol. The molecule has 142 valence electrons. The molecule has 4 aromatic carbocycles. The summed E-state index contributed by atoms with van der Waals surface area (Å²) < 4.78 is 0. The first-order valence-electron chi connectivity index (χ1n) is 10.1. The third kappa shape index (κ3) is 3.11. The van der Waals surface area contributed by atoms with Crippen LogP contribution in [0.3, 0.4) is 0 Å². The second-order valence-electron chi connectivity index (χ2n) is 8.25. The van der Waals surface area contributed by atoms with Gasteiger partial charge < -0.3 is 5.43 Å². The zero-order valence-corrected chi connectivity index (χ0v) is 16.8. The lowest BCUT2D eigenvalue weighted by Crippen LogP contribution is -2.15. The van der Waals surface area contributed by atoms with Crippen LogP contribution in [0.5, 0.6) is 0 Å². The molecular formula is C27H24N2. The van der Waals surface area contributed by atoms with Gasteiger partial charge in [0.15, 0.2) is 0 Å². The lowest BCUT2D eigenvalue weighted by molar-refractivity contribution is 0.660. The van der Waals surface area contributed by atoms with Crippen LogP contribution in [0.25, 0.3) is 21.9 Å². The molecule has 0 radical (unpaired) electrons. The average molecular weight is 377 g/mol. The molecule has 0 heterocycles. The van der Waals surface area contributed by atoms with Crippen LogP contribution in [0.1, 0.15) is 36.1 Å². The van der Waals surface area contributed by atoms with Crippen molar-refractivity contribution in [1.29, 1.82) is 0 Å². The van der Waals surface area contributed by atoms with Gasteiger partial charge in [-0.25, -0.2) is 0 Å². The predicted octanol–water partition coefficient (Wildman–Crippen LogP) is 6.27. The van der Waals surface area contributed by atoms with Gasteiger partial charge in [-0.15, -0.1) is 0 Å². The molecule has 0 spiro atoms. The number of hydrazone groups is 1. The van der Waals surface area contributed by atoms with Gasteiger partial charge in [0.1, 0.15) is 0 Å². The van der Waals surface area contributed by atoms with E-state index in [0.29, 0.717) is 6.54 Å². The maximum Gasteiger partial charge on any atom is 0.0580 e. The smallest absolute Gasteiger partial charge is 0.0580 e. The molecule has 0 saturated heterocycles. The van der Waals surface area contributed by atoms with E-state index in [0.717, 1.165) is 5.56 Å². The molecule has 2 nitrogen and oxygen atoms in total. The van der Waals surface area contributed by atoms with Crippen LogP contribution in [0.15, 0.2) is 90.0 Å². The lowest BCUT2D eigenvalue weighted by Gasteiger charge is -2.21. The molecule has 0 bridgehead atoms. The van der Waals surface area contributed by atoms with Gasteiger partial charge in [0.2, 0.25) is 0 Å². The molecule has 1 N–H and O–H groups in total. The van der Waals surface area contributed by atoms with Crippen molar-refractivity contribution in [1.82, 2.24) is 5.43 Å². The fourth-order valence-corrected chi connectivity index (χ4v) is 4.41. The molecule has 5 rings (SSSR count). The van der Waals surface area contributed by atoms with Crippen LogP contribution < -0.4 is 5.43 Å². The average Bonchev–Trinajstić information content (AvgIpc) is 2.98. The summed E-state index contributed by atoms with van der Waals surface area (Å²) in [7, 11) is 0. The van der Waals surface area contributed by atoms with Gasteiger partial charge in [-0.1, -0.05) is 86.6 Å². The molecular weight excluding hydrogens is 352 g/mol. The van der Waals surface area contributed by atoms with E-state index in [2.05, 4.69) is 109 Å². The summed E-state index contributed by atoms with van der Waals surface area (Å²) in [5, 5.41) is 6.99. The van der Waals surface area contributed by atoms with E-state index >= 15 is 0 Å². The van der Waals surface area contributed by atoms with Gasteiger partial charge in [-0.05, 0) is 56.3 Å². The molecule has 2 heteroatoms. The van der Waals surface area contributed by atoms with Crippen LogP contribution >= 0.6 is 0 Å². The molecule has 0 aromatic heterocycles. The minimum Gasteiger partial charge on any atom is -0.306 e. The summed E-state index contributed by atoms with van der Waals surface area (Å²) in [5.74, 6) is 0. The minimum atomic E-state index is 0.0221. The number of rotatable bonds is 4. The molecule has 0 atom stereocenters. The number of benzene rings is 4. The molecule has 1 aliphatic rings. The van der Waals surface area contributed by atoms with Gasteiger partial charge in [-0.2, -0.15) is 5.10 Å². The van der Waals surface area contributed by atoms with Crippen molar-refractivity contribution in [2.24, 2.45) is 5.10 Å². The first-order chi connectivity index (χ1) is 14.1. The number of fused-ring (bicyclic) bond motifs is 4. The van der Waals surface area contributed by atoms with E-state index in [-0.39, 0.29) is 5.41 Å². The maximum absolute atomic E-state index is 4.46. The second-order valence-corrected chi connectivity index (χ2v) is 8.25. The Kier molecular flexibility index (Phi) is 4.21. The van der Waals surface area contributed by atoms with Crippen LogP contribution in [-0.4, -0.2) is 6.21 Å². The van der Waals surface area contributed by atoms with E-state index in [9.17, 15) is 0 Å². The number of nitrogens with one attached hydrogen (secondary N) is 1. The monoisotopic (exact) mass is 376 g/mol. The topological polar surface area (TPSA) is 24.4 Å². The highest BCUT2D eigenvalue weighted by atomic mass is 15.3. The summed E-state index contributed by atoms with van der Waals surface area (Å²) in [4.78, 5) is 0. The van der Waals surface area contributed by atoms with E-state index in [1.165, 1.54) is 38.6 Å². The van der Waals surface area contributed by atoms with Gasteiger partial charge in [0.25, 0.3) is 0 Å². The summed E-state index contributed by atoms with van der Waals surface area (Å²) >= 11 is 0. The summed E-state index contributed by atoms with van der Waals surface area (Å²) in [6.07, 6.45) is 1.92. The van der Waals surface area contributed by atoms with E-state index < -0.39 is 0 Å². The van der Waals surface area contributed by atoms with E-state index in [4.69, 9.17) is 0 Å². The number of hydrogen-bond donors (Lipinski definition) is 1. The quantitative estimate of drug-likeness (QED) is 0.329. The highest BCUT2D eigenvalue weighted by Crippen LogP contribution is 2.48. The van der Waals surface area contributed by atoms with Crippen molar-refractivity contribution in [2.45, 2.75) is 25.8 Å². The van der Waals surface area contributed by atoms with Crippen LogP contribution in [0.4, 0.5) is 0 Å². The summed E-state index contributed by atoms with van der Waals surface area (Å²) in [6, 6.07) is 30.3. The third-order valence-electron chi connectivity index (χ3n) is 6.01. The van der Waals surface area contributed by atoms with E-state index in [1.807, 2.05) is 6.21 Å². The van der Waals surface area contributed by atoms with Gasteiger partial charge in [0, 0.05) is 5.41 Å². The Bertz CT molecular complexity index is 1230. The first-order valence-corrected chi connectivity index (χ1v) is 10.1. The molecule has 0 amide bonds. The Morgan fingerprint density at radius 3 is 2.41 bits per heavy atom. The van der Waals surface area contributed by atoms with Crippen molar-refractivity contribution < 1.29 is 0 Å². The van der Waals surface area contributed by atoms with Crippen molar-refractivity contribution in [3.05, 3.63) is 107 Å². The fourth-order valence-electron chi connectivity index (χ4n) is 4.41. The molecule has 29 heavy (non-hydrogen) atoms. The second kappa shape index (κ2) is 6.89. The number of hydrogen-bond acceptors (Lipinski definition) is 2. The molecule has 4 aromatic rings. The SMILES string of the molecule is CC1(C)c2ccccc2-c2ccc(/C=N/NCc3ccc4ccccc4c3)cc21. The van der Waals surface area contributed by atoms with Crippen molar-refractivity contribution in [2.75, 3.05) is 0 Å². The van der Waals surface area contributed by atoms with Gasteiger partial charge >= 0.3 is 0 Å². The first kappa shape index (κ1) is 17.7. The Morgan fingerprint density at radius 1 is 0.759 bits per heavy atom. The highest BCUT2D eigenvalue weighted by molar-refractivity contribution is 5.86. The Morgan fingerprint density at radius 2 is 1.52 bits per heavy atom. The van der Waals surface area contributed by atoms with Crippen molar-refractivity contribution in [3.8, 4) is 11.1 Å². The van der Waals surface area contributed by atoms with Crippen LogP contribution in [0.2, 0.25) is 0 Å². The Labute approximate surface area is 171 Å². The molecule has 1 aliphatic carbocycles. The normalized spacial score (nSPS) is 14.1. The standard InChI is InChI=1S/C27H24N2/c1-27(2)25-10-6-5-9-23(25)24-14-12-20(16-26(24)27)18-29-28-17-19-11-13-21-7-3-4-8-22(21)15-19/h3-16,18,28H,17H2,1-2H3/b29-18+. The van der Waals surface area contributed by atoms with Crippen molar-refractivity contribution in [3.63, 3.8) is 0 Å². The van der Waals surface area contributed by atoms with Crippen LogP contribution in [0, 0.1) is 0 Å². The molecule has 0 aliphatic heterocycles. The number of nitrogens with zero attached hydrogens (tertiary/aromatic N) is 1. The molecule has 0 fully saturated rings. The summed E-state index contributed by atoms with van der Waals surface area (Å²) in [5.41, 5.74) is 11.0. The fraction of sp³-hybridized carbons (Fsp3) is 0.148. The maximum atomic E-state index is 4.46. The van der Waals surface area contributed by atoms with Crippen LogP contribution in [-0.2, 0) is 12.0 Å². The Balaban J connectivity index is 1.32. The summed E-state index contributed by atoms with van der Waals surface area (Å²) in [6.45, 7) is 5.32. The minimum absolute atomic E-state index is 0.0221. The largest absolute Gasteiger partial charge is 0.306 e. The zero-order valence-electron chi connectivity index (χ0n) is 16.8. The zero-order chi connectivity index (χ0) is 19.8. The van der Waals surface area contributed by atoms with Gasteiger partial charge in [0.05, 0.1) is 12.8 Å².